The number of morpholine rings is 1. The second-order valence-corrected chi connectivity index (χ2v) is 11.2. The summed E-state index contributed by atoms with van der Waals surface area (Å²) in [5, 5.41) is 4.82. The first-order valence-corrected chi connectivity index (χ1v) is 13.7. The molecule has 2 aliphatic heterocycles. The van der Waals surface area contributed by atoms with Crippen LogP contribution in [0.2, 0.25) is 0 Å². The fourth-order valence-electron chi connectivity index (χ4n) is 5.21. The van der Waals surface area contributed by atoms with Crippen LogP contribution in [0.1, 0.15) is 36.7 Å². The number of nitrogens with zero attached hydrogens (tertiary/aromatic N) is 7. The first kappa shape index (κ1) is 25.3. The molecule has 4 aromatic rings. The lowest BCUT2D eigenvalue weighted by Gasteiger charge is -2.34. The molecule has 4 heterocycles. The molecule has 0 unspecified atom stereocenters. The highest BCUT2D eigenvalue weighted by atomic mass is 16.5. The molecule has 2 fully saturated rings. The zero-order valence-corrected chi connectivity index (χ0v) is 22.9. The molecule has 0 aliphatic carbocycles. The van der Waals surface area contributed by atoms with Crippen LogP contribution in [0, 0.1) is 0 Å². The molecule has 2 saturated heterocycles. The highest BCUT2D eigenvalue weighted by Gasteiger charge is 2.25. The number of piperazine rings is 1. The van der Waals surface area contributed by atoms with E-state index in [4.69, 9.17) is 14.8 Å². The van der Waals surface area contributed by atoms with Crippen LogP contribution in [0.25, 0.3) is 17.0 Å². The number of benzene rings is 2. The molecule has 0 spiro atoms. The number of fused-ring (bicyclic) bond motifs is 1. The van der Waals surface area contributed by atoms with E-state index in [-0.39, 0.29) is 11.3 Å². The van der Waals surface area contributed by atoms with Crippen molar-refractivity contribution in [1.82, 2.24) is 24.5 Å². The maximum absolute atomic E-state index is 13.1. The monoisotopic (exact) mass is 525 g/mol. The van der Waals surface area contributed by atoms with Gasteiger partial charge in [0, 0.05) is 62.3 Å². The summed E-state index contributed by atoms with van der Waals surface area (Å²) in [6.07, 6.45) is 1.78. The molecule has 0 saturated carbocycles. The zero-order valence-electron chi connectivity index (χ0n) is 22.9. The number of aromatic nitrogens is 4. The smallest absolute Gasteiger partial charge is 0.254 e. The molecule has 0 radical (unpaired) electrons. The van der Waals surface area contributed by atoms with Gasteiger partial charge >= 0.3 is 0 Å². The molecule has 9 nitrogen and oxygen atoms in total. The van der Waals surface area contributed by atoms with E-state index in [1.165, 1.54) is 11.3 Å². The number of carbonyl (C=O) groups excluding carboxylic acids is 1. The minimum Gasteiger partial charge on any atom is -0.378 e. The summed E-state index contributed by atoms with van der Waals surface area (Å²) in [6.45, 7) is 12.5. The van der Waals surface area contributed by atoms with Crippen molar-refractivity contribution in [3.05, 3.63) is 71.9 Å². The van der Waals surface area contributed by atoms with Crippen molar-refractivity contribution in [3.8, 4) is 11.3 Å². The van der Waals surface area contributed by atoms with Gasteiger partial charge in [-0.05, 0) is 41.3 Å². The minimum atomic E-state index is 0.0649. The van der Waals surface area contributed by atoms with Crippen LogP contribution >= 0.6 is 0 Å². The van der Waals surface area contributed by atoms with E-state index in [1.807, 2.05) is 27.6 Å². The lowest BCUT2D eigenvalue weighted by atomic mass is 9.86. The molecule has 6 rings (SSSR count). The SMILES string of the molecule is CC(C)(C)c1ccc(C(=O)N2CCN(c3nc4nccc(-c5ccc(N6CCOCC6)cc5)n4n3)CC2)cc1. The number of hydrogen-bond donors (Lipinski definition) is 0. The van der Waals surface area contributed by atoms with Crippen molar-refractivity contribution >= 4 is 23.3 Å². The van der Waals surface area contributed by atoms with Gasteiger partial charge in [0.25, 0.3) is 11.7 Å². The third-order valence-electron chi connectivity index (χ3n) is 7.62. The van der Waals surface area contributed by atoms with E-state index in [0.29, 0.717) is 37.9 Å². The van der Waals surface area contributed by atoms with Gasteiger partial charge in [0.15, 0.2) is 0 Å². The van der Waals surface area contributed by atoms with Gasteiger partial charge in [-0.3, -0.25) is 4.79 Å². The predicted molar refractivity (Wildman–Crippen MR) is 153 cm³/mol. The highest BCUT2D eigenvalue weighted by molar-refractivity contribution is 5.94. The summed E-state index contributed by atoms with van der Waals surface area (Å²) in [5.74, 6) is 1.28. The molecule has 202 valence electrons. The molecule has 9 heteroatoms. The summed E-state index contributed by atoms with van der Waals surface area (Å²) >= 11 is 0. The number of amides is 1. The summed E-state index contributed by atoms with van der Waals surface area (Å²) in [6, 6.07) is 18.5. The number of rotatable bonds is 4. The third kappa shape index (κ3) is 5.18. The molecule has 0 atom stereocenters. The second-order valence-electron chi connectivity index (χ2n) is 11.2. The Kier molecular flexibility index (Phi) is 6.68. The molecule has 0 N–H and O–H groups in total. The van der Waals surface area contributed by atoms with E-state index < -0.39 is 0 Å². The van der Waals surface area contributed by atoms with E-state index in [9.17, 15) is 4.79 Å². The van der Waals surface area contributed by atoms with E-state index >= 15 is 0 Å². The van der Waals surface area contributed by atoms with Crippen LogP contribution in [0.3, 0.4) is 0 Å². The van der Waals surface area contributed by atoms with Gasteiger partial charge in [0.05, 0.1) is 18.9 Å². The molecular formula is C30H35N7O2. The average Bonchev–Trinajstić information content (AvgIpc) is 3.42. The molecule has 1 amide bonds. The molecule has 2 aliphatic rings. The first-order valence-electron chi connectivity index (χ1n) is 13.7. The summed E-state index contributed by atoms with van der Waals surface area (Å²) in [4.78, 5) is 28.7. The van der Waals surface area contributed by atoms with Crippen molar-refractivity contribution in [2.45, 2.75) is 26.2 Å². The predicted octanol–water partition coefficient (Wildman–Crippen LogP) is 3.89. The minimum absolute atomic E-state index is 0.0649. The fourth-order valence-corrected chi connectivity index (χ4v) is 5.21. The van der Waals surface area contributed by atoms with Gasteiger partial charge in [-0.15, -0.1) is 5.10 Å². The zero-order chi connectivity index (χ0) is 27.0. The van der Waals surface area contributed by atoms with Crippen molar-refractivity contribution in [3.63, 3.8) is 0 Å². The normalized spacial score (nSPS) is 16.6. The van der Waals surface area contributed by atoms with Gasteiger partial charge in [-0.2, -0.15) is 9.50 Å². The summed E-state index contributed by atoms with van der Waals surface area (Å²) in [7, 11) is 0. The van der Waals surface area contributed by atoms with Crippen LogP contribution in [-0.2, 0) is 10.2 Å². The Balaban J connectivity index is 1.14. The Morgan fingerprint density at radius 1 is 0.821 bits per heavy atom. The van der Waals surface area contributed by atoms with Crippen LogP contribution in [0.5, 0.6) is 0 Å². The number of carbonyl (C=O) groups is 1. The molecular weight excluding hydrogens is 490 g/mol. The van der Waals surface area contributed by atoms with Gasteiger partial charge in [-0.1, -0.05) is 45.0 Å². The Morgan fingerprint density at radius 3 is 2.18 bits per heavy atom. The number of ether oxygens (including phenoxy) is 1. The van der Waals surface area contributed by atoms with Crippen molar-refractivity contribution in [1.29, 1.82) is 0 Å². The van der Waals surface area contributed by atoms with Gasteiger partial charge < -0.3 is 19.4 Å². The van der Waals surface area contributed by atoms with Crippen molar-refractivity contribution in [2.75, 3.05) is 62.3 Å². The summed E-state index contributed by atoms with van der Waals surface area (Å²) in [5.41, 5.74) is 5.22. The second kappa shape index (κ2) is 10.3. The topological polar surface area (TPSA) is 79.1 Å². The van der Waals surface area contributed by atoms with Crippen molar-refractivity contribution in [2.24, 2.45) is 0 Å². The van der Waals surface area contributed by atoms with E-state index in [2.05, 4.69) is 72.0 Å². The van der Waals surface area contributed by atoms with Crippen LogP contribution in [-0.4, -0.2) is 82.9 Å². The lowest BCUT2D eigenvalue weighted by molar-refractivity contribution is 0.0746. The van der Waals surface area contributed by atoms with Crippen LogP contribution < -0.4 is 9.80 Å². The molecule has 39 heavy (non-hydrogen) atoms. The average molecular weight is 526 g/mol. The Morgan fingerprint density at radius 2 is 1.51 bits per heavy atom. The standard InChI is InChI=1S/C30H35N7O2/c1-30(2,3)24-8-4-23(5-9-24)27(38)35-14-16-36(17-15-35)29-32-28-31-13-12-26(37(28)33-29)22-6-10-25(11-7-22)34-18-20-39-21-19-34/h4-13H,14-21H2,1-3H3. The maximum Gasteiger partial charge on any atom is 0.254 e. The fraction of sp³-hybridized carbons (Fsp3) is 0.400. The number of hydrogen-bond acceptors (Lipinski definition) is 7. The Bertz CT molecular complexity index is 1440. The lowest BCUT2D eigenvalue weighted by Crippen LogP contribution is -2.49. The van der Waals surface area contributed by atoms with Gasteiger partial charge in [-0.25, -0.2) is 4.98 Å². The third-order valence-corrected chi connectivity index (χ3v) is 7.62. The first-order chi connectivity index (χ1) is 18.9. The van der Waals surface area contributed by atoms with Crippen molar-refractivity contribution < 1.29 is 9.53 Å². The van der Waals surface area contributed by atoms with Crippen LogP contribution in [0.15, 0.2) is 60.8 Å². The Hall–Kier alpha value is -3.98. The quantitative estimate of drug-likeness (QED) is 0.400. The van der Waals surface area contributed by atoms with E-state index in [0.717, 1.165) is 43.1 Å². The maximum atomic E-state index is 13.1. The Labute approximate surface area is 229 Å². The highest BCUT2D eigenvalue weighted by Crippen LogP contribution is 2.26. The molecule has 2 aromatic carbocycles. The largest absolute Gasteiger partial charge is 0.378 e. The number of anilines is 2. The van der Waals surface area contributed by atoms with Crippen LogP contribution in [0.4, 0.5) is 11.6 Å². The molecule has 0 bridgehead atoms. The summed E-state index contributed by atoms with van der Waals surface area (Å²) < 4.78 is 7.29. The molecule has 2 aromatic heterocycles. The van der Waals surface area contributed by atoms with E-state index in [1.54, 1.807) is 6.20 Å². The van der Waals surface area contributed by atoms with Gasteiger partial charge in [0.1, 0.15) is 0 Å². The van der Waals surface area contributed by atoms with Gasteiger partial charge in [0.2, 0.25) is 5.95 Å².